The predicted octanol–water partition coefficient (Wildman–Crippen LogP) is 2.48. The molecule has 3 rings (SSSR count). The Balaban J connectivity index is 1.91. The second kappa shape index (κ2) is 3.98. The van der Waals surface area contributed by atoms with Crippen molar-refractivity contribution >= 4 is 5.97 Å². The molecule has 1 saturated carbocycles. The highest BCUT2D eigenvalue weighted by Crippen LogP contribution is 2.49. The molecule has 1 aliphatic carbocycles. The van der Waals surface area contributed by atoms with Crippen LogP contribution in [-0.4, -0.2) is 21.3 Å². The van der Waals surface area contributed by atoms with Gasteiger partial charge in [0.2, 0.25) is 0 Å². The van der Waals surface area contributed by atoms with Crippen molar-refractivity contribution < 1.29 is 9.90 Å². The van der Waals surface area contributed by atoms with Gasteiger partial charge in [-0.25, -0.2) is 0 Å². The summed E-state index contributed by atoms with van der Waals surface area (Å²) in [5.74, 6) is -0.692. The number of aliphatic carboxylic acids is 1. The van der Waals surface area contributed by atoms with Crippen LogP contribution in [0.1, 0.15) is 18.4 Å². The summed E-state index contributed by atoms with van der Waals surface area (Å²) in [7, 11) is 0. The minimum atomic E-state index is -0.692. The molecule has 18 heavy (non-hydrogen) atoms. The van der Waals surface area contributed by atoms with Crippen molar-refractivity contribution in [2.45, 2.75) is 19.3 Å². The number of nitrogens with one attached hydrogen (secondary N) is 1. The van der Waals surface area contributed by atoms with E-state index in [9.17, 15) is 9.90 Å². The zero-order valence-corrected chi connectivity index (χ0v) is 9.89. The molecule has 1 fully saturated rings. The van der Waals surface area contributed by atoms with Crippen LogP contribution in [0, 0.1) is 5.41 Å². The zero-order valence-electron chi connectivity index (χ0n) is 9.89. The molecule has 0 radical (unpaired) electrons. The van der Waals surface area contributed by atoms with E-state index < -0.39 is 11.4 Å². The van der Waals surface area contributed by atoms with Crippen molar-refractivity contribution in [1.82, 2.24) is 10.2 Å². The quantitative estimate of drug-likeness (QED) is 0.865. The molecule has 2 N–H and O–H groups in total. The molecule has 4 nitrogen and oxygen atoms in total. The highest BCUT2D eigenvalue weighted by atomic mass is 16.4. The summed E-state index contributed by atoms with van der Waals surface area (Å²) in [6.07, 6.45) is 3.83. The maximum absolute atomic E-state index is 11.2. The van der Waals surface area contributed by atoms with Crippen molar-refractivity contribution in [2.75, 3.05) is 0 Å². The minimum absolute atomic E-state index is 0.548. The number of hydrogen-bond acceptors (Lipinski definition) is 2. The molecule has 1 aromatic heterocycles. The first-order valence-corrected chi connectivity index (χ1v) is 6.02. The van der Waals surface area contributed by atoms with Crippen molar-refractivity contribution in [2.24, 2.45) is 5.41 Å². The van der Waals surface area contributed by atoms with Crippen LogP contribution in [-0.2, 0) is 11.2 Å². The maximum atomic E-state index is 11.2. The normalized spacial score (nSPS) is 16.4. The fraction of sp³-hybridized carbons (Fsp3) is 0.286. The molecular weight excluding hydrogens is 228 g/mol. The van der Waals surface area contributed by atoms with E-state index in [-0.39, 0.29) is 0 Å². The SMILES string of the molecule is O=C(O)C1(Cc2cn[nH]c2-c2ccccc2)CC1. The van der Waals surface area contributed by atoms with Crippen molar-refractivity contribution in [1.29, 1.82) is 0 Å². The van der Waals surface area contributed by atoms with Crippen molar-refractivity contribution in [3.05, 3.63) is 42.1 Å². The predicted molar refractivity (Wildman–Crippen MR) is 67.0 cm³/mol. The van der Waals surface area contributed by atoms with Crippen molar-refractivity contribution in [3.63, 3.8) is 0 Å². The molecule has 92 valence electrons. The highest BCUT2D eigenvalue weighted by molar-refractivity contribution is 5.78. The summed E-state index contributed by atoms with van der Waals surface area (Å²) < 4.78 is 0. The number of aromatic amines is 1. The fourth-order valence-electron chi connectivity index (χ4n) is 2.28. The molecule has 0 spiro atoms. The van der Waals surface area contributed by atoms with Crippen LogP contribution in [0.5, 0.6) is 0 Å². The van der Waals surface area contributed by atoms with Gasteiger partial charge in [0.15, 0.2) is 0 Å². The molecular formula is C14H14N2O2. The van der Waals surface area contributed by atoms with Crippen LogP contribution in [0.2, 0.25) is 0 Å². The molecule has 1 aliphatic rings. The van der Waals surface area contributed by atoms with E-state index in [1.165, 1.54) is 0 Å². The molecule has 0 atom stereocenters. The summed E-state index contributed by atoms with van der Waals surface area (Å²) in [6, 6.07) is 9.88. The molecule has 0 unspecified atom stereocenters. The molecule has 1 aromatic carbocycles. The molecule has 2 aromatic rings. The first-order valence-electron chi connectivity index (χ1n) is 6.02. The van der Waals surface area contributed by atoms with Gasteiger partial charge in [-0.15, -0.1) is 0 Å². The van der Waals surface area contributed by atoms with Crippen LogP contribution < -0.4 is 0 Å². The standard InChI is InChI=1S/C14H14N2O2/c17-13(18)14(6-7-14)8-11-9-15-16-12(11)10-4-2-1-3-5-10/h1-5,9H,6-8H2,(H,15,16)(H,17,18). The topological polar surface area (TPSA) is 66.0 Å². The lowest BCUT2D eigenvalue weighted by Crippen LogP contribution is -2.17. The van der Waals surface area contributed by atoms with Gasteiger partial charge in [-0.1, -0.05) is 30.3 Å². The number of carboxylic acids is 1. The molecule has 0 saturated heterocycles. The summed E-state index contributed by atoms with van der Waals surface area (Å²) in [5.41, 5.74) is 2.42. The number of nitrogens with zero attached hydrogens (tertiary/aromatic N) is 1. The van der Waals surface area contributed by atoms with E-state index in [0.29, 0.717) is 6.42 Å². The Hall–Kier alpha value is -2.10. The zero-order chi connectivity index (χ0) is 12.6. The number of rotatable bonds is 4. The summed E-state index contributed by atoms with van der Waals surface area (Å²) in [4.78, 5) is 11.2. The van der Waals surface area contributed by atoms with Gasteiger partial charge in [-0.3, -0.25) is 9.89 Å². The third-order valence-corrected chi connectivity index (χ3v) is 3.62. The lowest BCUT2D eigenvalue weighted by atomic mass is 9.95. The van der Waals surface area contributed by atoms with E-state index in [4.69, 9.17) is 0 Å². The van der Waals surface area contributed by atoms with Gasteiger partial charge in [-0.05, 0) is 30.4 Å². The van der Waals surface area contributed by atoms with Crippen LogP contribution >= 0.6 is 0 Å². The van der Waals surface area contributed by atoms with Gasteiger partial charge in [0.1, 0.15) is 0 Å². The number of carboxylic acid groups (broad SMARTS) is 1. The van der Waals surface area contributed by atoms with Gasteiger partial charge in [0.25, 0.3) is 0 Å². The van der Waals surface area contributed by atoms with Gasteiger partial charge in [-0.2, -0.15) is 5.10 Å². The van der Waals surface area contributed by atoms with Gasteiger partial charge < -0.3 is 5.11 Å². The van der Waals surface area contributed by atoms with E-state index in [1.807, 2.05) is 30.3 Å². The molecule has 0 amide bonds. The number of carbonyl (C=O) groups is 1. The number of hydrogen-bond donors (Lipinski definition) is 2. The third kappa shape index (κ3) is 1.79. The molecule has 0 aliphatic heterocycles. The monoisotopic (exact) mass is 242 g/mol. The third-order valence-electron chi connectivity index (χ3n) is 3.62. The maximum Gasteiger partial charge on any atom is 0.309 e. The average molecular weight is 242 g/mol. The van der Waals surface area contributed by atoms with Crippen LogP contribution in [0.3, 0.4) is 0 Å². The van der Waals surface area contributed by atoms with Gasteiger partial charge in [0.05, 0.1) is 17.3 Å². The Morgan fingerprint density at radius 1 is 1.33 bits per heavy atom. The Bertz CT molecular complexity index is 570. The second-order valence-corrected chi connectivity index (χ2v) is 4.90. The van der Waals surface area contributed by atoms with E-state index in [1.54, 1.807) is 6.20 Å². The Labute approximate surface area is 105 Å². The van der Waals surface area contributed by atoms with E-state index >= 15 is 0 Å². The number of H-pyrrole nitrogens is 1. The van der Waals surface area contributed by atoms with Crippen LogP contribution in [0.25, 0.3) is 11.3 Å². The molecule has 1 heterocycles. The highest BCUT2D eigenvalue weighted by Gasteiger charge is 2.50. The lowest BCUT2D eigenvalue weighted by molar-refractivity contribution is -0.143. The van der Waals surface area contributed by atoms with Crippen molar-refractivity contribution in [3.8, 4) is 11.3 Å². The van der Waals surface area contributed by atoms with E-state index in [2.05, 4.69) is 10.2 Å². The second-order valence-electron chi connectivity index (χ2n) is 4.90. The summed E-state index contributed by atoms with van der Waals surface area (Å²) >= 11 is 0. The Kier molecular flexibility index (Phi) is 2.44. The minimum Gasteiger partial charge on any atom is -0.481 e. The average Bonchev–Trinajstić information content (AvgIpc) is 3.02. The fourth-order valence-corrected chi connectivity index (χ4v) is 2.28. The van der Waals surface area contributed by atoms with Gasteiger partial charge in [0, 0.05) is 0 Å². The molecule has 0 bridgehead atoms. The van der Waals surface area contributed by atoms with Crippen LogP contribution in [0.4, 0.5) is 0 Å². The Morgan fingerprint density at radius 3 is 2.67 bits per heavy atom. The van der Waals surface area contributed by atoms with Gasteiger partial charge >= 0.3 is 5.97 Å². The molecule has 4 heteroatoms. The lowest BCUT2D eigenvalue weighted by Gasteiger charge is -2.09. The summed E-state index contributed by atoms with van der Waals surface area (Å²) in [5, 5.41) is 16.3. The smallest absolute Gasteiger partial charge is 0.309 e. The van der Waals surface area contributed by atoms with Crippen LogP contribution in [0.15, 0.2) is 36.5 Å². The first kappa shape index (κ1) is 11.0. The Morgan fingerprint density at radius 2 is 2.06 bits per heavy atom. The van der Waals surface area contributed by atoms with E-state index in [0.717, 1.165) is 29.7 Å². The number of aromatic nitrogens is 2. The summed E-state index contributed by atoms with van der Waals surface area (Å²) in [6.45, 7) is 0. The largest absolute Gasteiger partial charge is 0.481 e. The first-order chi connectivity index (χ1) is 8.71. The number of benzene rings is 1.